The minimum Gasteiger partial charge on any atom is -0.489 e. The molecule has 6 heteroatoms. The maximum atomic E-state index is 13.0. The van der Waals surface area contributed by atoms with Crippen LogP contribution in [0, 0.1) is 0 Å². The van der Waals surface area contributed by atoms with E-state index in [1.54, 1.807) is 12.1 Å². The van der Waals surface area contributed by atoms with Crippen molar-refractivity contribution in [3.8, 4) is 5.75 Å². The summed E-state index contributed by atoms with van der Waals surface area (Å²) in [6.45, 7) is 4.71. The Morgan fingerprint density at radius 2 is 1.89 bits per heavy atom. The summed E-state index contributed by atoms with van der Waals surface area (Å²) in [6.07, 6.45) is 5.43. The van der Waals surface area contributed by atoms with Gasteiger partial charge in [-0.2, -0.15) is 0 Å². The smallest absolute Gasteiger partial charge is 0.257 e. The van der Waals surface area contributed by atoms with Gasteiger partial charge in [-0.05, 0) is 61.7 Å². The molecule has 0 bridgehead atoms. The van der Waals surface area contributed by atoms with E-state index >= 15 is 0 Å². The van der Waals surface area contributed by atoms with Crippen molar-refractivity contribution in [1.29, 1.82) is 0 Å². The van der Waals surface area contributed by atoms with E-state index < -0.39 is 0 Å². The Kier molecular flexibility index (Phi) is 6.55. The van der Waals surface area contributed by atoms with Crippen LogP contribution in [0.25, 0.3) is 0 Å². The monoisotopic (exact) mass is 418 g/mol. The molecular weight excluding hydrogens is 392 g/mol. The lowest BCUT2D eigenvalue weighted by Gasteiger charge is -2.32. The SMILES string of the molecule is O=C(c1ccc(Cl)cc1OC1CCN(Cc2cccs2)CC1)N1CCCCC1. The summed E-state index contributed by atoms with van der Waals surface area (Å²) in [4.78, 5) is 18.8. The fraction of sp³-hybridized carbons (Fsp3) is 0.500. The molecule has 1 amide bonds. The Morgan fingerprint density at radius 1 is 1.11 bits per heavy atom. The summed E-state index contributed by atoms with van der Waals surface area (Å²) in [5.41, 5.74) is 0.646. The van der Waals surface area contributed by atoms with Crippen LogP contribution in [0.5, 0.6) is 5.75 Å². The fourth-order valence-electron chi connectivity index (χ4n) is 4.03. The van der Waals surface area contributed by atoms with Crippen LogP contribution < -0.4 is 4.74 Å². The summed E-state index contributed by atoms with van der Waals surface area (Å²) in [5, 5.41) is 2.74. The minimum atomic E-state index is 0.0708. The zero-order valence-electron chi connectivity index (χ0n) is 16.1. The normalized spacial score (nSPS) is 19.0. The second-order valence-corrected chi connectivity index (χ2v) is 9.13. The molecule has 2 aliphatic rings. The summed E-state index contributed by atoms with van der Waals surface area (Å²) >= 11 is 8.03. The lowest BCUT2D eigenvalue weighted by molar-refractivity contribution is 0.0702. The van der Waals surface area contributed by atoms with Crippen LogP contribution in [-0.4, -0.2) is 48.0 Å². The van der Waals surface area contributed by atoms with Crippen molar-refractivity contribution in [2.75, 3.05) is 26.2 Å². The highest BCUT2D eigenvalue weighted by Gasteiger charge is 2.25. The second kappa shape index (κ2) is 9.29. The zero-order chi connectivity index (χ0) is 19.3. The number of piperidine rings is 2. The highest BCUT2D eigenvalue weighted by molar-refractivity contribution is 7.09. The molecule has 0 atom stereocenters. The molecule has 0 N–H and O–H groups in total. The van der Waals surface area contributed by atoms with Crippen LogP contribution in [0.2, 0.25) is 5.02 Å². The molecule has 2 aromatic rings. The van der Waals surface area contributed by atoms with Gasteiger partial charge in [0.15, 0.2) is 0 Å². The third kappa shape index (κ3) is 4.88. The van der Waals surface area contributed by atoms with Crippen LogP contribution in [0.4, 0.5) is 0 Å². The predicted molar refractivity (Wildman–Crippen MR) is 114 cm³/mol. The maximum Gasteiger partial charge on any atom is 0.257 e. The van der Waals surface area contributed by atoms with Crippen LogP contribution in [0.1, 0.15) is 47.3 Å². The standard InChI is InChI=1S/C22H27ClN2O2S/c23-17-6-7-20(22(26)25-10-2-1-3-11-25)21(15-17)27-18-8-12-24(13-9-18)16-19-5-4-14-28-19/h4-7,14-15,18H,1-3,8-13,16H2. The summed E-state index contributed by atoms with van der Waals surface area (Å²) in [5.74, 6) is 0.710. The van der Waals surface area contributed by atoms with Crippen molar-refractivity contribution in [3.63, 3.8) is 0 Å². The van der Waals surface area contributed by atoms with E-state index in [1.165, 1.54) is 11.3 Å². The first-order chi connectivity index (χ1) is 13.7. The number of hydrogen-bond acceptors (Lipinski definition) is 4. The number of nitrogens with zero attached hydrogens (tertiary/aromatic N) is 2. The Bertz CT molecular complexity index is 782. The molecule has 0 spiro atoms. The van der Waals surface area contributed by atoms with E-state index in [4.69, 9.17) is 16.3 Å². The van der Waals surface area contributed by atoms with Gasteiger partial charge in [0.2, 0.25) is 0 Å². The molecule has 1 aromatic carbocycles. The Labute approximate surface area is 176 Å². The van der Waals surface area contributed by atoms with Crippen molar-refractivity contribution in [2.24, 2.45) is 0 Å². The Hall–Kier alpha value is -1.56. The number of ether oxygens (including phenoxy) is 1. The number of amides is 1. The molecule has 4 rings (SSSR count). The van der Waals surface area contributed by atoms with Gasteiger partial charge in [-0.25, -0.2) is 0 Å². The number of likely N-dealkylation sites (tertiary alicyclic amines) is 2. The Balaban J connectivity index is 1.39. The molecule has 0 saturated carbocycles. The molecule has 2 fully saturated rings. The van der Waals surface area contributed by atoms with Crippen LogP contribution in [0.15, 0.2) is 35.7 Å². The minimum absolute atomic E-state index is 0.0708. The van der Waals surface area contributed by atoms with Crippen LogP contribution >= 0.6 is 22.9 Å². The van der Waals surface area contributed by atoms with Gasteiger partial charge in [0.05, 0.1) is 5.56 Å². The van der Waals surface area contributed by atoms with Crippen molar-refractivity contribution in [1.82, 2.24) is 9.80 Å². The maximum absolute atomic E-state index is 13.0. The van der Waals surface area contributed by atoms with Crippen molar-refractivity contribution in [3.05, 3.63) is 51.2 Å². The lowest BCUT2D eigenvalue weighted by Crippen LogP contribution is -2.38. The van der Waals surface area contributed by atoms with E-state index in [1.807, 2.05) is 22.3 Å². The second-order valence-electron chi connectivity index (χ2n) is 7.67. The topological polar surface area (TPSA) is 32.8 Å². The molecule has 3 heterocycles. The first-order valence-electron chi connectivity index (χ1n) is 10.2. The molecule has 28 heavy (non-hydrogen) atoms. The predicted octanol–water partition coefficient (Wildman–Crippen LogP) is 5.07. The largest absolute Gasteiger partial charge is 0.489 e. The number of hydrogen-bond donors (Lipinski definition) is 0. The molecule has 2 aliphatic heterocycles. The summed E-state index contributed by atoms with van der Waals surface area (Å²) in [7, 11) is 0. The number of carbonyl (C=O) groups is 1. The molecule has 4 nitrogen and oxygen atoms in total. The quantitative estimate of drug-likeness (QED) is 0.679. The van der Waals surface area contributed by atoms with Gasteiger partial charge in [0, 0.05) is 42.6 Å². The van der Waals surface area contributed by atoms with Crippen molar-refractivity contribution in [2.45, 2.75) is 44.8 Å². The van der Waals surface area contributed by atoms with E-state index in [9.17, 15) is 4.79 Å². The van der Waals surface area contributed by atoms with E-state index in [-0.39, 0.29) is 12.0 Å². The van der Waals surface area contributed by atoms with Gasteiger partial charge >= 0.3 is 0 Å². The third-order valence-corrected chi connectivity index (χ3v) is 6.70. The van der Waals surface area contributed by atoms with E-state index in [0.717, 1.165) is 58.4 Å². The van der Waals surface area contributed by atoms with Crippen molar-refractivity contribution >= 4 is 28.8 Å². The first-order valence-corrected chi connectivity index (χ1v) is 11.4. The van der Waals surface area contributed by atoms with Gasteiger partial charge in [-0.15, -0.1) is 11.3 Å². The number of carbonyl (C=O) groups excluding carboxylic acids is 1. The highest BCUT2D eigenvalue weighted by Crippen LogP contribution is 2.29. The summed E-state index contributed by atoms with van der Waals surface area (Å²) < 4.78 is 6.31. The van der Waals surface area contributed by atoms with Crippen molar-refractivity contribution < 1.29 is 9.53 Å². The van der Waals surface area contributed by atoms with Crippen LogP contribution in [-0.2, 0) is 6.54 Å². The number of halogens is 1. The molecule has 0 aliphatic carbocycles. The molecule has 1 aromatic heterocycles. The van der Waals surface area contributed by atoms with Gasteiger partial charge in [-0.1, -0.05) is 17.7 Å². The number of benzene rings is 1. The zero-order valence-corrected chi connectivity index (χ0v) is 17.7. The fourth-order valence-corrected chi connectivity index (χ4v) is 4.93. The van der Waals surface area contributed by atoms with Crippen LogP contribution in [0.3, 0.4) is 0 Å². The molecule has 2 saturated heterocycles. The van der Waals surface area contributed by atoms with Gasteiger partial charge in [0.1, 0.15) is 11.9 Å². The molecule has 0 unspecified atom stereocenters. The van der Waals surface area contributed by atoms with E-state index in [2.05, 4.69) is 22.4 Å². The highest BCUT2D eigenvalue weighted by atomic mass is 35.5. The molecule has 0 radical (unpaired) electrons. The van der Waals surface area contributed by atoms with Gasteiger partial charge in [0.25, 0.3) is 5.91 Å². The molecule has 150 valence electrons. The lowest BCUT2D eigenvalue weighted by atomic mass is 10.1. The van der Waals surface area contributed by atoms with Gasteiger partial charge in [-0.3, -0.25) is 9.69 Å². The van der Waals surface area contributed by atoms with Gasteiger partial charge < -0.3 is 9.64 Å². The number of thiophene rings is 1. The Morgan fingerprint density at radius 3 is 2.61 bits per heavy atom. The van der Waals surface area contributed by atoms with E-state index in [0.29, 0.717) is 16.3 Å². The number of rotatable bonds is 5. The average molecular weight is 419 g/mol. The molecular formula is C22H27ClN2O2S. The first kappa shape index (κ1) is 19.7. The summed E-state index contributed by atoms with van der Waals surface area (Å²) in [6, 6.07) is 9.71. The average Bonchev–Trinajstić information content (AvgIpc) is 3.23. The third-order valence-electron chi connectivity index (χ3n) is 5.61.